The average molecular weight is 396 g/mol. The summed E-state index contributed by atoms with van der Waals surface area (Å²) in [5.41, 5.74) is 8.65. The van der Waals surface area contributed by atoms with Crippen LogP contribution in [0.5, 0.6) is 0 Å². The summed E-state index contributed by atoms with van der Waals surface area (Å²) in [5.74, 6) is 0.839. The summed E-state index contributed by atoms with van der Waals surface area (Å²) in [7, 11) is 2.07. The first-order chi connectivity index (χ1) is 13.6. The maximum absolute atomic E-state index is 12.5. The minimum absolute atomic E-state index is 0.0798. The Morgan fingerprint density at radius 1 is 1.07 bits per heavy atom. The first-order valence-electron chi connectivity index (χ1n) is 9.23. The van der Waals surface area contributed by atoms with Gasteiger partial charge in [-0.1, -0.05) is 54.2 Å². The van der Waals surface area contributed by atoms with Crippen molar-refractivity contribution in [1.29, 1.82) is 0 Å². The SMILES string of the molecule is CN1CCN(C(=O)c2ccc(C=NN=C(N)SCc3ccccc3)cc2)CC1. The highest BCUT2D eigenvalue weighted by atomic mass is 32.2. The lowest BCUT2D eigenvalue weighted by Crippen LogP contribution is -2.47. The molecule has 0 spiro atoms. The van der Waals surface area contributed by atoms with Crippen molar-refractivity contribution in [2.24, 2.45) is 15.9 Å². The molecule has 1 amide bonds. The third-order valence-corrected chi connectivity index (χ3v) is 5.40. The molecule has 1 aliphatic rings. The highest BCUT2D eigenvalue weighted by Crippen LogP contribution is 2.12. The van der Waals surface area contributed by atoms with E-state index in [4.69, 9.17) is 5.73 Å². The van der Waals surface area contributed by atoms with Crippen LogP contribution in [0.4, 0.5) is 0 Å². The van der Waals surface area contributed by atoms with E-state index in [2.05, 4.69) is 34.3 Å². The lowest BCUT2D eigenvalue weighted by molar-refractivity contribution is 0.0664. The zero-order valence-electron chi connectivity index (χ0n) is 16.0. The van der Waals surface area contributed by atoms with Gasteiger partial charge in [-0.25, -0.2) is 0 Å². The van der Waals surface area contributed by atoms with Crippen LogP contribution in [0.25, 0.3) is 0 Å². The van der Waals surface area contributed by atoms with Gasteiger partial charge in [0.2, 0.25) is 0 Å². The lowest BCUT2D eigenvalue weighted by atomic mass is 10.1. The van der Waals surface area contributed by atoms with Crippen LogP contribution in [0, 0.1) is 0 Å². The lowest BCUT2D eigenvalue weighted by Gasteiger charge is -2.32. The predicted octanol–water partition coefficient (Wildman–Crippen LogP) is 2.66. The zero-order chi connectivity index (χ0) is 19.8. The fourth-order valence-corrected chi connectivity index (χ4v) is 3.43. The number of carbonyl (C=O) groups is 1. The number of nitrogens with zero attached hydrogens (tertiary/aromatic N) is 4. The fraction of sp³-hybridized carbons (Fsp3) is 0.286. The van der Waals surface area contributed by atoms with Gasteiger partial charge in [0.1, 0.15) is 0 Å². The summed E-state index contributed by atoms with van der Waals surface area (Å²) < 4.78 is 0. The molecule has 0 atom stereocenters. The van der Waals surface area contributed by atoms with E-state index >= 15 is 0 Å². The number of amidine groups is 1. The minimum Gasteiger partial charge on any atom is -0.377 e. The van der Waals surface area contributed by atoms with E-state index in [0.717, 1.165) is 37.5 Å². The van der Waals surface area contributed by atoms with Crippen LogP contribution in [-0.2, 0) is 5.75 Å². The number of thioether (sulfide) groups is 1. The molecule has 1 aliphatic heterocycles. The number of amides is 1. The van der Waals surface area contributed by atoms with Gasteiger partial charge in [-0.3, -0.25) is 4.79 Å². The van der Waals surface area contributed by atoms with E-state index < -0.39 is 0 Å². The van der Waals surface area contributed by atoms with Crippen LogP contribution in [-0.4, -0.2) is 60.3 Å². The first kappa shape index (κ1) is 20.1. The summed E-state index contributed by atoms with van der Waals surface area (Å²) in [5, 5.41) is 8.48. The van der Waals surface area contributed by atoms with Crippen molar-refractivity contribution in [3.8, 4) is 0 Å². The van der Waals surface area contributed by atoms with Gasteiger partial charge in [-0.2, -0.15) is 5.10 Å². The van der Waals surface area contributed by atoms with Gasteiger partial charge in [0, 0.05) is 37.5 Å². The van der Waals surface area contributed by atoms with Crippen LogP contribution in [0.2, 0.25) is 0 Å². The van der Waals surface area contributed by atoms with Crippen LogP contribution < -0.4 is 5.73 Å². The number of likely N-dealkylation sites (N-methyl/N-ethyl adjacent to an activating group) is 1. The Morgan fingerprint density at radius 3 is 2.43 bits per heavy atom. The molecule has 1 fully saturated rings. The summed E-state index contributed by atoms with van der Waals surface area (Å²) in [6.45, 7) is 3.37. The predicted molar refractivity (Wildman–Crippen MR) is 117 cm³/mol. The van der Waals surface area contributed by atoms with Crippen molar-refractivity contribution in [2.75, 3.05) is 33.2 Å². The van der Waals surface area contributed by atoms with Crippen LogP contribution in [0.15, 0.2) is 64.8 Å². The molecule has 0 unspecified atom stereocenters. The average Bonchev–Trinajstić information content (AvgIpc) is 2.73. The minimum atomic E-state index is 0.0798. The quantitative estimate of drug-likeness (QED) is 0.480. The molecule has 3 rings (SSSR count). The molecule has 6 nitrogen and oxygen atoms in total. The molecule has 0 aliphatic carbocycles. The van der Waals surface area contributed by atoms with E-state index in [1.165, 1.54) is 17.3 Å². The van der Waals surface area contributed by atoms with Gasteiger partial charge in [0.05, 0.1) is 6.21 Å². The second-order valence-electron chi connectivity index (χ2n) is 6.67. The number of hydrogen-bond acceptors (Lipinski definition) is 5. The van der Waals surface area contributed by atoms with E-state index in [1.807, 2.05) is 47.4 Å². The highest BCUT2D eigenvalue weighted by Gasteiger charge is 2.19. The van der Waals surface area contributed by atoms with Crippen molar-refractivity contribution in [2.45, 2.75) is 5.75 Å². The monoisotopic (exact) mass is 395 g/mol. The van der Waals surface area contributed by atoms with Crippen molar-refractivity contribution < 1.29 is 4.79 Å². The number of benzene rings is 2. The summed E-state index contributed by atoms with van der Waals surface area (Å²) in [4.78, 5) is 16.7. The maximum Gasteiger partial charge on any atom is 0.253 e. The fourth-order valence-electron chi connectivity index (χ4n) is 2.82. The number of rotatable bonds is 5. The normalized spacial score (nSPS) is 15.9. The molecule has 1 saturated heterocycles. The topological polar surface area (TPSA) is 74.3 Å². The molecular formula is C21H25N5OS. The number of nitrogens with two attached hydrogens (primary N) is 1. The van der Waals surface area contributed by atoms with E-state index in [1.54, 1.807) is 6.21 Å². The summed E-state index contributed by atoms with van der Waals surface area (Å²) in [6.07, 6.45) is 1.64. The molecule has 0 bridgehead atoms. The summed E-state index contributed by atoms with van der Waals surface area (Å²) >= 11 is 1.45. The van der Waals surface area contributed by atoms with Gasteiger partial charge in [-0.05, 0) is 30.3 Å². The largest absolute Gasteiger partial charge is 0.377 e. The second-order valence-corrected chi connectivity index (χ2v) is 7.67. The van der Waals surface area contributed by atoms with Crippen LogP contribution in [0.3, 0.4) is 0 Å². The van der Waals surface area contributed by atoms with Gasteiger partial charge >= 0.3 is 0 Å². The highest BCUT2D eigenvalue weighted by molar-refractivity contribution is 8.13. The van der Waals surface area contributed by atoms with Gasteiger partial charge in [-0.15, -0.1) is 5.10 Å². The van der Waals surface area contributed by atoms with Gasteiger partial charge < -0.3 is 15.5 Å². The number of piperazine rings is 1. The Balaban J connectivity index is 1.51. The molecule has 2 aromatic carbocycles. The molecule has 7 heteroatoms. The molecule has 0 radical (unpaired) electrons. The first-order valence-corrected chi connectivity index (χ1v) is 10.2. The Labute approximate surface area is 170 Å². The van der Waals surface area contributed by atoms with Crippen molar-refractivity contribution in [1.82, 2.24) is 9.80 Å². The summed E-state index contributed by atoms with van der Waals surface area (Å²) in [6, 6.07) is 17.5. The van der Waals surface area contributed by atoms with Gasteiger partial charge in [0.25, 0.3) is 5.91 Å². The second kappa shape index (κ2) is 10.1. The third-order valence-electron chi connectivity index (χ3n) is 4.54. The zero-order valence-corrected chi connectivity index (χ0v) is 16.8. The standard InChI is InChI=1S/C21H25N5OS/c1-25-11-13-26(14-12-25)20(27)19-9-7-17(8-10-19)15-23-24-21(22)28-16-18-5-3-2-4-6-18/h2-10,15H,11-14,16H2,1H3,(H2,22,24). The maximum atomic E-state index is 12.5. The number of hydrogen-bond donors (Lipinski definition) is 1. The van der Waals surface area contributed by atoms with Crippen molar-refractivity contribution in [3.63, 3.8) is 0 Å². The molecule has 0 saturated carbocycles. The van der Waals surface area contributed by atoms with Crippen molar-refractivity contribution in [3.05, 3.63) is 71.3 Å². The van der Waals surface area contributed by atoms with E-state index in [-0.39, 0.29) is 5.91 Å². The molecule has 2 aromatic rings. The van der Waals surface area contributed by atoms with Crippen molar-refractivity contribution >= 4 is 29.1 Å². The Hall–Kier alpha value is -2.64. The molecule has 0 aromatic heterocycles. The van der Waals surface area contributed by atoms with E-state index in [0.29, 0.717) is 10.7 Å². The van der Waals surface area contributed by atoms with E-state index in [9.17, 15) is 4.79 Å². The molecular weight excluding hydrogens is 370 g/mol. The number of carbonyl (C=O) groups excluding carboxylic acids is 1. The molecule has 2 N–H and O–H groups in total. The van der Waals surface area contributed by atoms with Crippen LogP contribution >= 0.6 is 11.8 Å². The Bertz CT molecular complexity index is 828. The Kier molecular flexibility index (Phi) is 7.22. The molecule has 1 heterocycles. The molecule has 146 valence electrons. The molecule has 28 heavy (non-hydrogen) atoms. The van der Waals surface area contributed by atoms with Crippen LogP contribution in [0.1, 0.15) is 21.5 Å². The van der Waals surface area contributed by atoms with Gasteiger partial charge in [0.15, 0.2) is 5.17 Å². The smallest absolute Gasteiger partial charge is 0.253 e. The third kappa shape index (κ3) is 5.94. The Morgan fingerprint density at radius 2 is 1.75 bits per heavy atom.